The van der Waals surface area contributed by atoms with Gasteiger partial charge in [-0.15, -0.1) is 0 Å². The minimum Gasteiger partial charge on any atom is -0.496 e. The first kappa shape index (κ1) is 23.5. The summed E-state index contributed by atoms with van der Waals surface area (Å²) in [5, 5.41) is 2.64. The van der Waals surface area contributed by atoms with Crippen molar-refractivity contribution in [3.63, 3.8) is 0 Å². The van der Waals surface area contributed by atoms with Crippen LogP contribution in [-0.4, -0.2) is 35.6 Å². The smallest absolute Gasteiger partial charge is 0.419 e. The number of carbonyl (C=O) groups is 2. The van der Waals surface area contributed by atoms with E-state index in [1.165, 1.54) is 30.5 Å². The van der Waals surface area contributed by atoms with E-state index in [1.54, 1.807) is 13.8 Å². The molecule has 3 atom stereocenters. The van der Waals surface area contributed by atoms with Crippen molar-refractivity contribution in [2.75, 3.05) is 12.4 Å². The second-order valence-electron chi connectivity index (χ2n) is 8.17. The highest BCUT2D eigenvalue weighted by Crippen LogP contribution is 2.50. The van der Waals surface area contributed by atoms with Gasteiger partial charge in [0.15, 0.2) is 0 Å². The quantitative estimate of drug-likeness (QED) is 0.721. The van der Waals surface area contributed by atoms with Crippen LogP contribution in [-0.2, 0) is 15.7 Å². The number of methoxy groups -OCH3 is 1. The third kappa shape index (κ3) is 4.40. The van der Waals surface area contributed by atoms with Crippen LogP contribution in [0.3, 0.4) is 0 Å². The fourth-order valence-electron chi connectivity index (χ4n) is 3.98. The number of rotatable bonds is 5. The Labute approximate surface area is 183 Å². The van der Waals surface area contributed by atoms with Gasteiger partial charge < -0.3 is 20.5 Å². The lowest BCUT2D eigenvalue weighted by Gasteiger charge is -2.26. The molecule has 10 heteroatoms. The predicted octanol–water partition coefficient (Wildman–Crippen LogP) is 3.74. The standard InChI is InChI=1S/C22H24F3N3O4/c1-11-16(13-6-5-7-14(17(13)31-4)22(23,24)25)18(32-21(11,2)3)20(30)28-12-8-9-27-15(10-12)19(26)29/h5-11,16,18H,1-4H3,(H2,26,29)(H,27,28,30)/t11-,16-,18+/m0/s1. The number of para-hydroxylation sites is 1. The van der Waals surface area contributed by atoms with E-state index in [2.05, 4.69) is 10.3 Å². The normalized spacial score (nSPS) is 22.4. The van der Waals surface area contributed by atoms with Crippen LogP contribution in [0.15, 0.2) is 36.5 Å². The molecule has 7 nitrogen and oxygen atoms in total. The van der Waals surface area contributed by atoms with E-state index in [1.807, 2.05) is 6.92 Å². The Morgan fingerprint density at radius 2 is 1.94 bits per heavy atom. The molecule has 0 radical (unpaired) electrons. The number of hydrogen-bond acceptors (Lipinski definition) is 5. The lowest BCUT2D eigenvalue weighted by atomic mass is 9.77. The summed E-state index contributed by atoms with van der Waals surface area (Å²) in [6.07, 6.45) is -4.42. The summed E-state index contributed by atoms with van der Waals surface area (Å²) in [4.78, 5) is 28.3. The molecule has 2 amide bonds. The minimum absolute atomic E-state index is 0.0417. The maximum atomic E-state index is 13.6. The van der Waals surface area contributed by atoms with Gasteiger partial charge in [-0.05, 0) is 38.0 Å². The van der Waals surface area contributed by atoms with Crippen molar-refractivity contribution < 1.29 is 32.2 Å². The van der Waals surface area contributed by atoms with Gasteiger partial charge in [-0.3, -0.25) is 14.6 Å². The molecule has 2 heterocycles. The number of carbonyl (C=O) groups excluding carboxylic acids is 2. The van der Waals surface area contributed by atoms with Gasteiger partial charge in [0.1, 0.15) is 17.5 Å². The number of halogens is 3. The number of hydrogen-bond donors (Lipinski definition) is 2. The molecule has 1 saturated heterocycles. The molecule has 32 heavy (non-hydrogen) atoms. The summed E-state index contributed by atoms with van der Waals surface area (Å²) in [5.41, 5.74) is 3.95. The Hall–Kier alpha value is -3.14. The molecule has 0 saturated carbocycles. The predicted molar refractivity (Wildman–Crippen MR) is 110 cm³/mol. The van der Waals surface area contributed by atoms with Crippen LogP contribution in [0.2, 0.25) is 0 Å². The van der Waals surface area contributed by atoms with E-state index in [0.717, 1.165) is 13.2 Å². The van der Waals surface area contributed by atoms with Crippen molar-refractivity contribution >= 4 is 17.5 Å². The SMILES string of the molecule is COc1c([C@H]2[C@H](C(=O)Nc3ccnc(C(N)=O)c3)OC(C)(C)[C@H]2C)cccc1C(F)(F)F. The first-order valence-corrected chi connectivity index (χ1v) is 9.85. The number of alkyl halides is 3. The average molecular weight is 451 g/mol. The van der Waals surface area contributed by atoms with Crippen LogP contribution in [0.5, 0.6) is 5.75 Å². The Morgan fingerprint density at radius 3 is 2.53 bits per heavy atom. The number of anilines is 1. The highest BCUT2D eigenvalue weighted by atomic mass is 19.4. The number of pyridine rings is 1. The van der Waals surface area contributed by atoms with Crippen LogP contribution >= 0.6 is 0 Å². The van der Waals surface area contributed by atoms with Gasteiger partial charge in [0.25, 0.3) is 11.8 Å². The lowest BCUT2D eigenvalue weighted by Crippen LogP contribution is -2.33. The largest absolute Gasteiger partial charge is 0.496 e. The molecule has 0 bridgehead atoms. The van der Waals surface area contributed by atoms with Crippen molar-refractivity contribution in [1.29, 1.82) is 0 Å². The minimum atomic E-state index is -4.63. The van der Waals surface area contributed by atoms with Gasteiger partial charge in [0.05, 0.1) is 18.3 Å². The zero-order valence-electron chi connectivity index (χ0n) is 18.0. The van der Waals surface area contributed by atoms with Crippen molar-refractivity contribution in [2.24, 2.45) is 11.7 Å². The van der Waals surface area contributed by atoms with Gasteiger partial charge in [0, 0.05) is 23.4 Å². The van der Waals surface area contributed by atoms with Crippen LogP contribution in [0.25, 0.3) is 0 Å². The number of primary amides is 1. The molecule has 1 fully saturated rings. The monoisotopic (exact) mass is 451 g/mol. The molecule has 1 aromatic heterocycles. The Bertz CT molecular complexity index is 1040. The topological polar surface area (TPSA) is 104 Å². The van der Waals surface area contributed by atoms with Crippen LogP contribution in [0, 0.1) is 5.92 Å². The molecule has 1 aromatic carbocycles. The van der Waals surface area contributed by atoms with Gasteiger partial charge >= 0.3 is 6.18 Å². The maximum Gasteiger partial charge on any atom is 0.419 e. The van der Waals surface area contributed by atoms with E-state index in [4.69, 9.17) is 15.2 Å². The Morgan fingerprint density at radius 1 is 1.25 bits per heavy atom. The van der Waals surface area contributed by atoms with E-state index in [-0.39, 0.29) is 28.6 Å². The molecule has 0 unspecified atom stereocenters. The van der Waals surface area contributed by atoms with Crippen LogP contribution in [0.1, 0.15) is 48.3 Å². The second-order valence-corrected chi connectivity index (χ2v) is 8.17. The lowest BCUT2D eigenvalue weighted by molar-refractivity contribution is -0.138. The molecular formula is C22H24F3N3O4. The molecular weight excluding hydrogens is 427 g/mol. The van der Waals surface area contributed by atoms with Crippen LogP contribution in [0.4, 0.5) is 18.9 Å². The second kappa shape index (κ2) is 8.42. The molecule has 0 spiro atoms. The third-order valence-electron chi connectivity index (χ3n) is 5.84. The fraction of sp³-hybridized carbons (Fsp3) is 0.409. The third-order valence-corrected chi connectivity index (χ3v) is 5.84. The average Bonchev–Trinajstić information content (AvgIpc) is 2.96. The van der Waals surface area contributed by atoms with E-state index < -0.39 is 41.2 Å². The Kier molecular flexibility index (Phi) is 6.19. The number of benzene rings is 1. The molecule has 172 valence electrons. The number of nitrogens with zero attached hydrogens (tertiary/aromatic N) is 1. The first-order chi connectivity index (χ1) is 14.9. The molecule has 2 aromatic rings. The first-order valence-electron chi connectivity index (χ1n) is 9.85. The summed E-state index contributed by atoms with van der Waals surface area (Å²) >= 11 is 0. The number of amides is 2. The van der Waals surface area contributed by atoms with Gasteiger partial charge in [-0.25, -0.2) is 0 Å². The molecule has 3 rings (SSSR count). The van der Waals surface area contributed by atoms with Gasteiger partial charge in [-0.1, -0.05) is 19.1 Å². The van der Waals surface area contributed by atoms with Crippen LogP contribution < -0.4 is 15.8 Å². The van der Waals surface area contributed by atoms with Gasteiger partial charge in [-0.2, -0.15) is 13.2 Å². The van der Waals surface area contributed by atoms with Gasteiger partial charge in [0.2, 0.25) is 0 Å². The van der Waals surface area contributed by atoms with Crippen molar-refractivity contribution in [3.8, 4) is 5.75 Å². The molecule has 0 aliphatic carbocycles. The maximum absolute atomic E-state index is 13.6. The van der Waals surface area contributed by atoms with E-state index in [0.29, 0.717) is 0 Å². The summed E-state index contributed by atoms with van der Waals surface area (Å²) < 4.78 is 51.9. The van der Waals surface area contributed by atoms with Crippen molar-refractivity contribution in [1.82, 2.24) is 4.98 Å². The van der Waals surface area contributed by atoms with E-state index in [9.17, 15) is 22.8 Å². The number of aromatic nitrogens is 1. The zero-order chi connectivity index (χ0) is 23.8. The summed E-state index contributed by atoms with van der Waals surface area (Å²) in [5.74, 6) is -2.72. The van der Waals surface area contributed by atoms with Crippen molar-refractivity contribution in [3.05, 3.63) is 53.3 Å². The number of ether oxygens (including phenoxy) is 2. The molecule has 1 aliphatic rings. The summed E-state index contributed by atoms with van der Waals surface area (Å²) in [6.45, 7) is 5.36. The number of nitrogens with one attached hydrogen (secondary N) is 1. The fourth-order valence-corrected chi connectivity index (χ4v) is 3.98. The summed E-state index contributed by atoms with van der Waals surface area (Å²) in [7, 11) is 1.16. The summed E-state index contributed by atoms with van der Waals surface area (Å²) in [6, 6.07) is 6.51. The Balaban J connectivity index is 2.02. The highest BCUT2D eigenvalue weighted by molar-refractivity contribution is 5.97. The zero-order valence-corrected chi connectivity index (χ0v) is 18.0. The molecule has 1 aliphatic heterocycles. The van der Waals surface area contributed by atoms with Crippen molar-refractivity contribution in [2.45, 2.75) is 44.6 Å². The number of nitrogens with two attached hydrogens (primary N) is 1. The highest BCUT2D eigenvalue weighted by Gasteiger charge is 2.52. The van der Waals surface area contributed by atoms with E-state index >= 15 is 0 Å². The molecule has 3 N–H and O–H groups in total.